The molecule has 2 N–H and O–H groups in total. The average Bonchev–Trinajstić information content (AvgIpc) is 3.37. The van der Waals surface area contributed by atoms with Gasteiger partial charge in [-0.25, -0.2) is 24.3 Å². The molecule has 1 aliphatic heterocycles. The minimum Gasteiger partial charge on any atom is -0.475 e. The number of anilines is 1. The number of halogens is 4. The summed E-state index contributed by atoms with van der Waals surface area (Å²) in [4.78, 5) is 16.9. The summed E-state index contributed by atoms with van der Waals surface area (Å²) in [6.07, 6.45) is -0.815. The molecule has 1 unspecified atom stereocenters. The maximum Gasteiger partial charge on any atom is 0.417 e. The van der Waals surface area contributed by atoms with Crippen LogP contribution < -0.4 is 10.5 Å². The molecule has 5 rings (SSSR count). The summed E-state index contributed by atoms with van der Waals surface area (Å²) >= 11 is 0. The number of imidazole rings is 1. The molecule has 0 radical (unpaired) electrons. The number of hydrogen-bond acceptors (Lipinski definition) is 6. The first kappa shape index (κ1) is 21.8. The van der Waals surface area contributed by atoms with Crippen molar-refractivity contribution < 1.29 is 22.3 Å². The number of alkyl halides is 3. The summed E-state index contributed by atoms with van der Waals surface area (Å²) in [5.74, 6) is 0.616. The number of pyridine rings is 1. The van der Waals surface area contributed by atoms with Gasteiger partial charge in [-0.3, -0.25) is 0 Å². The number of benzene rings is 1. The van der Waals surface area contributed by atoms with Gasteiger partial charge in [0.2, 0.25) is 11.8 Å². The van der Waals surface area contributed by atoms with Crippen LogP contribution in [0.25, 0.3) is 22.6 Å². The van der Waals surface area contributed by atoms with Crippen LogP contribution in [0, 0.1) is 5.82 Å². The van der Waals surface area contributed by atoms with E-state index in [0.29, 0.717) is 35.5 Å². The highest BCUT2D eigenvalue weighted by Gasteiger charge is 2.32. The average molecular weight is 470 g/mol. The zero-order valence-electron chi connectivity index (χ0n) is 17.6. The first-order valence-corrected chi connectivity index (χ1v) is 10.4. The van der Waals surface area contributed by atoms with Gasteiger partial charge in [-0.15, -0.1) is 0 Å². The largest absolute Gasteiger partial charge is 0.475 e. The lowest BCUT2D eigenvalue weighted by molar-refractivity contribution is -0.137. The van der Waals surface area contributed by atoms with Crippen molar-refractivity contribution in [1.29, 1.82) is 0 Å². The van der Waals surface area contributed by atoms with Gasteiger partial charge in [-0.2, -0.15) is 13.2 Å². The lowest BCUT2D eigenvalue weighted by Crippen LogP contribution is -2.16. The summed E-state index contributed by atoms with van der Waals surface area (Å²) in [5.41, 5.74) is 7.53. The molecule has 1 aromatic carbocycles. The molecule has 34 heavy (non-hydrogen) atoms. The Kier molecular flexibility index (Phi) is 5.39. The molecule has 7 nitrogen and oxygen atoms in total. The van der Waals surface area contributed by atoms with Crippen LogP contribution >= 0.6 is 0 Å². The molecule has 0 amide bonds. The normalized spacial score (nSPS) is 15.4. The summed E-state index contributed by atoms with van der Waals surface area (Å²) in [6.45, 7) is 0.165. The minimum atomic E-state index is -4.46. The maximum atomic E-state index is 13.5. The van der Waals surface area contributed by atoms with Crippen molar-refractivity contribution in [2.24, 2.45) is 0 Å². The second-order valence-corrected chi connectivity index (χ2v) is 7.79. The van der Waals surface area contributed by atoms with Crippen molar-refractivity contribution in [3.05, 3.63) is 72.1 Å². The van der Waals surface area contributed by atoms with E-state index in [-0.39, 0.29) is 30.3 Å². The Balaban J connectivity index is 1.49. The fourth-order valence-electron chi connectivity index (χ4n) is 4.01. The van der Waals surface area contributed by atoms with Crippen LogP contribution in [0.2, 0.25) is 0 Å². The maximum absolute atomic E-state index is 13.5. The van der Waals surface area contributed by atoms with Gasteiger partial charge in [-0.1, -0.05) is 0 Å². The Hall–Kier alpha value is -4.02. The third kappa shape index (κ3) is 4.16. The molecule has 1 atom stereocenters. The van der Waals surface area contributed by atoms with Crippen LogP contribution in [0.15, 0.2) is 54.9 Å². The summed E-state index contributed by atoms with van der Waals surface area (Å²) in [7, 11) is 0. The van der Waals surface area contributed by atoms with Crippen LogP contribution in [-0.4, -0.2) is 31.1 Å². The van der Waals surface area contributed by atoms with Gasteiger partial charge < -0.3 is 15.0 Å². The standard InChI is InChI=1S/C23H18F4N6O/c24-15-4-1-13(2-5-15)20-21(17-9-10-29-22(28)31-17)33-16(6-7-18(33)32-20)12-34-19-8-3-14(11-30-19)23(25,26)27/h1-5,8-11,16H,6-7,12H2,(H2,28,29,31). The number of fused-ring (bicyclic) bond motifs is 1. The fraction of sp³-hybridized carbons (Fsp3) is 0.217. The highest BCUT2D eigenvalue weighted by atomic mass is 19.4. The summed E-state index contributed by atoms with van der Waals surface area (Å²) in [5, 5.41) is 0. The van der Waals surface area contributed by atoms with Crippen LogP contribution in [0.5, 0.6) is 5.88 Å². The van der Waals surface area contributed by atoms with Gasteiger partial charge in [0, 0.05) is 30.4 Å². The topological polar surface area (TPSA) is 91.7 Å². The molecule has 0 spiro atoms. The van der Waals surface area contributed by atoms with Gasteiger partial charge in [0.05, 0.1) is 28.7 Å². The molecule has 0 aliphatic carbocycles. The van der Waals surface area contributed by atoms with E-state index in [2.05, 4.69) is 15.0 Å². The Morgan fingerprint density at radius 3 is 2.50 bits per heavy atom. The molecule has 3 aromatic heterocycles. The number of aromatic nitrogens is 5. The minimum absolute atomic E-state index is 0.0909. The second kappa shape index (κ2) is 8.40. The second-order valence-electron chi connectivity index (χ2n) is 7.79. The molecule has 0 saturated heterocycles. The quantitative estimate of drug-likeness (QED) is 0.425. The molecule has 1 aliphatic rings. The lowest BCUT2D eigenvalue weighted by atomic mass is 10.1. The zero-order chi connectivity index (χ0) is 23.9. The molecule has 4 heterocycles. The number of ether oxygens (including phenoxy) is 1. The first-order valence-electron chi connectivity index (χ1n) is 10.4. The number of hydrogen-bond donors (Lipinski definition) is 1. The molecule has 4 aromatic rings. The van der Waals surface area contributed by atoms with Crippen LogP contribution in [0.3, 0.4) is 0 Å². The van der Waals surface area contributed by atoms with Gasteiger partial charge in [0.25, 0.3) is 0 Å². The molecular weight excluding hydrogens is 452 g/mol. The Morgan fingerprint density at radius 1 is 1.03 bits per heavy atom. The number of aryl methyl sites for hydroxylation is 1. The van der Waals surface area contributed by atoms with E-state index in [4.69, 9.17) is 15.5 Å². The van der Waals surface area contributed by atoms with Gasteiger partial charge >= 0.3 is 6.18 Å². The predicted molar refractivity (Wildman–Crippen MR) is 115 cm³/mol. The van der Waals surface area contributed by atoms with Crippen molar-refractivity contribution in [3.63, 3.8) is 0 Å². The highest BCUT2D eigenvalue weighted by molar-refractivity contribution is 5.78. The lowest BCUT2D eigenvalue weighted by Gasteiger charge is -2.18. The van der Waals surface area contributed by atoms with Gasteiger partial charge in [-0.05, 0) is 42.8 Å². The molecule has 11 heteroatoms. The van der Waals surface area contributed by atoms with Crippen molar-refractivity contribution in [1.82, 2.24) is 24.5 Å². The predicted octanol–water partition coefficient (Wildman–Crippen LogP) is 4.71. The molecule has 0 bridgehead atoms. The van der Waals surface area contributed by atoms with E-state index in [1.165, 1.54) is 18.2 Å². The van der Waals surface area contributed by atoms with Gasteiger partial charge in [0.15, 0.2) is 0 Å². The van der Waals surface area contributed by atoms with E-state index >= 15 is 0 Å². The van der Waals surface area contributed by atoms with Crippen LogP contribution in [-0.2, 0) is 12.6 Å². The van der Waals surface area contributed by atoms with Crippen molar-refractivity contribution in [2.45, 2.75) is 25.1 Å². The molecule has 174 valence electrons. The summed E-state index contributed by atoms with van der Waals surface area (Å²) < 4.78 is 59.6. The van der Waals surface area contributed by atoms with Gasteiger partial charge in [0.1, 0.15) is 18.2 Å². The van der Waals surface area contributed by atoms with Crippen LogP contribution in [0.1, 0.15) is 23.9 Å². The Labute approximate surface area is 191 Å². The molecule has 0 saturated carbocycles. The zero-order valence-corrected chi connectivity index (χ0v) is 17.6. The van der Waals surface area contributed by atoms with Crippen molar-refractivity contribution in [3.8, 4) is 28.5 Å². The van der Waals surface area contributed by atoms with E-state index in [9.17, 15) is 17.6 Å². The van der Waals surface area contributed by atoms with Crippen molar-refractivity contribution >= 4 is 5.95 Å². The SMILES string of the molecule is Nc1nccc(-c2c(-c3ccc(F)cc3)nc3n2C(COc2ccc(C(F)(F)F)cn2)CC3)n1. The third-order valence-corrected chi connectivity index (χ3v) is 5.57. The number of nitrogen functional groups attached to an aromatic ring is 1. The van der Waals surface area contributed by atoms with E-state index in [1.54, 1.807) is 24.4 Å². The number of nitrogens with zero attached hydrogens (tertiary/aromatic N) is 5. The fourth-order valence-corrected chi connectivity index (χ4v) is 4.01. The first-order chi connectivity index (χ1) is 16.3. The number of rotatable bonds is 5. The van der Waals surface area contributed by atoms with Crippen molar-refractivity contribution in [2.75, 3.05) is 12.3 Å². The molecular formula is C23H18F4N6O. The molecule has 0 fully saturated rings. The Morgan fingerprint density at radius 2 is 1.82 bits per heavy atom. The highest BCUT2D eigenvalue weighted by Crippen LogP contribution is 2.39. The van der Waals surface area contributed by atoms with E-state index in [0.717, 1.165) is 18.1 Å². The van der Waals surface area contributed by atoms with E-state index < -0.39 is 11.7 Å². The van der Waals surface area contributed by atoms with Crippen LogP contribution in [0.4, 0.5) is 23.5 Å². The smallest absolute Gasteiger partial charge is 0.417 e. The van der Waals surface area contributed by atoms with E-state index in [1.807, 2.05) is 4.57 Å². The third-order valence-electron chi connectivity index (χ3n) is 5.57. The monoisotopic (exact) mass is 470 g/mol. The number of nitrogens with two attached hydrogens (primary N) is 1. The summed E-state index contributed by atoms with van der Waals surface area (Å²) in [6, 6.07) is 9.65. The Bertz CT molecular complexity index is 1320.